The number of esters is 1. The lowest BCUT2D eigenvalue weighted by molar-refractivity contribution is 0.0601. The maximum Gasteiger partial charge on any atom is 0.340 e. The minimum absolute atomic E-state index is 0.296. The van der Waals surface area contributed by atoms with Crippen molar-refractivity contribution in [2.24, 2.45) is 0 Å². The normalized spacial score (nSPS) is 10.0. The van der Waals surface area contributed by atoms with Gasteiger partial charge in [0, 0.05) is 5.69 Å². The van der Waals surface area contributed by atoms with E-state index in [9.17, 15) is 4.79 Å². The van der Waals surface area contributed by atoms with Crippen molar-refractivity contribution in [2.45, 2.75) is 6.61 Å². The standard InChI is InChI=1S/C16H17NO4/c1-19-12-5-3-11(4-6-12)10-21-13-7-8-15(17)14(9-13)16(18)20-2/h3-9H,10,17H2,1-2H3. The van der Waals surface area contributed by atoms with E-state index in [0.717, 1.165) is 11.3 Å². The smallest absolute Gasteiger partial charge is 0.340 e. The lowest BCUT2D eigenvalue weighted by Crippen LogP contribution is -2.06. The molecule has 0 spiro atoms. The summed E-state index contributed by atoms with van der Waals surface area (Å²) >= 11 is 0. The van der Waals surface area contributed by atoms with Crippen molar-refractivity contribution < 1.29 is 19.0 Å². The Kier molecular flexibility index (Phi) is 4.66. The summed E-state index contributed by atoms with van der Waals surface area (Å²) in [6.07, 6.45) is 0. The third-order valence-electron chi connectivity index (χ3n) is 2.99. The van der Waals surface area contributed by atoms with E-state index in [2.05, 4.69) is 4.74 Å². The molecule has 5 nitrogen and oxygen atoms in total. The first-order valence-corrected chi connectivity index (χ1v) is 6.37. The Bertz CT molecular complexity index is 623. The number of hydrogen-bond donors (Lipinski definition) is 1. The highest BCUT2D eigenvalue weighted by molar-refractivity contribution is 5.95. The fourth-order valence-corrected chi connectivity index (χ4v) is 1.80. The van der Waals surface area contributed by atoms with Gasteiger partial charge >= 0.3 is 5.97 Å². The van der Waals surface area contributed by atoms with E-state index in [1.165, 1.54) is 7.11 Å². The molecule has 0 fully saturated rings. The largest absolute Gasteiger partial charge is 0.497 e. The average Bonchev–Trinajstić information content (AvgIpc) is 2.53. The third-order valence-corrected chi connectivity index (χ3v) is 2.99. The van der Waals surface area contributed by atoms with E-state index in [4.69, 9.17) is 15.2 Å². The van der Waals surface area contributed by atoms with Gasteiger partial charge in [0.2, 0.25) is 0 Å². The highest BCUT2D eigenvalue weighted by atomic mass is 16.5. The van der Waals surface area contributed by atoms with Crippen LogP contribution in [0.3, 0.4) is 0 Å². The summed E-state index contributed by atoms with van der Waals surface area (Å²) in [5.41, 5.74) is 7.38. The molecule has 2 aromatic carbocycles. The molecule has 0 aliphatic rings. The minimum atomic E-state index is -0.484. The van der Waals surface area contributed by atoms with Gasteiger partial charge in [-0.05, 0) is 35.9 Å². The summed E-state index contributed by atoms with van der Waals surface area (Å²) < 4.78 is 15.4. The number of nitrogens with two attached hydrogens (primary N) is 1. The minimum Gasteiger partial charge on any atom is -0.497 e. The molecular weight excluding hydrogens is 270 g/mol. The molecule has 0 aliphatic heterocycles. The van der Waals surface area contributed by atoms with E-state index in [1.54, 1.807) is 25.3 Å². The van der Waals surface area contributed by atoms with Crippen molar-refractivity contribution in [3.63, 3.8) is 0 Å². The SMILES string of the molecule is COC(=O)c1cc(OCc2ccc(OC)cc2)ccc1N. The van der Waals surface area contributed by atoms with Gasteiger partial charge in [0.25, 0.3) is 0 Å². The summed E-state index contributed by atoms with van der Waals surface area (Å²) in [5, 5.41) is 0. The Labute approximate surface area is 123 Å². The van der Waals surface area contributed by atoms with Crippen LogP contribution in [-0.2, 0) is 11.3 Å². The third kappa shape index (κ3) is 3.66. The molecule has 0 atom stereocenters. The van der Waals surface area contributed by atoms with E-state index in [1.807, 2.05) is 24.3 Å². The first-order valence-electron chi connectivity index (χ1n) is 6.37. The second-order valence-corrected chi connectivity index (χ2v) is 4.38. The molecule has 0 saturated heterocycles. The number of carbonyl (C=O) groups excluding carboxylic acids is 1. The molecule has 0 amide bonds. The Morgan fingerprint density at radius 2 is 1.71 bits per heavy atom. The number of carbonyl (C=O) groups is 1. The maximum absolute atomic E-state index is 11.6. The van der Waals surface area contributed by atoms with Crippen molar-refractivity contribution >= 4 is 11.7 Å². The van der Waals surface area contributed by atoms with Gasteiger partial charge in [0.1, 0.15) is 18.1 Å². The van der Waals surface area contributed by atoms with E-state index in [0.29, 0.717) is 23.6 Å². The summed E-state index contributed by atoms with van der Waals surface area (Å²) in [7, 11) is 2.93. The Balaban J connectivity index is 2.07. The topological polar surface area (TPSA) is 70.8 Å². The number of hydrogen-bond acceptors (Lipinski definition) is 5. The fourth-order valence-electron chi connectivity index (χ4n) is 1.80. The van der Waals surface area contributed by atoms with Gasteiger partial charge in [-0.1, -0.05) is 12.1 Å². The molecule has 2 N–H and O–H groups in total. The van der Waals surface area contributed by atoms with Gasteiger partial charge in [0.05, 0.1) is 19.8 Å². The van der Waals surface area contributed by atoms with Crippen LogP contribution in [0.15, 0.2) is 42.5 Å². The van der Waals surface area contributed by atoms with Crippen LogP contribution in [0.5, 0.6) is 11.5 Å². The molecule has 0 aromatic heterocycles. The monoisotopic (exact) mass is 287 g/mol. The van der Waals surface area contributed by atoms with Crippen molar-refractivity contribution in [3.05, 3.63) is 53.6 Å². The van der Waals surface area contributed by atoms with E-state index < -0.39 is 5.97 Å². The fraction of sp³-hybridized carbons (Fsp3) is 0.188. The Hall–Kier alpha value is -2.69. The zero-order chi connectivity index (χ0) is 15.2. The molecule has 0 unspecified atom stereocenters. The van der Waals surface area contributed by atoms with Gasteiger partial charge in [-0.25, -0.2) is 4.79 Å². The number of anilines is 1. The Morgan fingerprint density at radius 3 is 2.33 bits per heavy atom. The van der Waals surface area contributed by atoms with E-state index >= 15 is 0 Å². The van der Waals surface area contributed by atoms with Crippen molar-refractivity contribution in [2.75, 3.05) is 20.0 Å². The molecule has 0 bridgehead atoms. The molecular formula is C16H17NO4. The van der Waals surface area contributed by atoms with Gasteiger partial charge in [-0.3, -0.25) is 0 Å². The number of benzene rings is 2. The predicted molar refractivity (Wildman–Crippen MR) is 79.5 cm³/mol. The summed E-state index contributed by atoms with van der Waals surface area (Å²) in [4.78, 5) is 11.6. The van der Waals surface area contributed by atoms with Crippen LogP contribution < -0.4 is 15.2 Å². The lowest BCUT2D eigenvalue weighted by atomic mass is 10.1. The quantitative estimate of drug-likeness (QED) is 0.676. The Morgan fingerprint density at radius 1 is 1.05 bits per heavy atom. The molecule has 2 aromatic rings. The van der Waals surface area contributed by atoms with Crippen LogP contribution in [0.25, 0.3) is 0 Å². The maximum atomic E-state index is 11.6. The predicted octanol–water partition coefficient (Wildman–Crippen LogP) is 2.64. The summed E-state index contributed by atoms with van der Waals surface area (Å²) in [6.45, 7) is 0.383. The molecule has 0 aliphatic carbocycles. The van der Waals surface area contributed by atoms with Crippen LogP contribution in [0, 0.1) is 0 Å². The number of methoxy groups -OCH3 is 2. The molecule has 2 rings (SSSR count). The van der Waals surface area contributed by atoms with Crippen LogP contribution in [0.2, 0.25) is 0 Å². The molecule has 21 heavy (non-hydrogen) atoms. The van der Waals surface area contributed by atoms with Crippen molar-refractivity contribution in [1.29, 1.82) is 0 Å². The van der Waals surface area contributed by atoms with Crippen molar-refractivity contribution in [3.8, 4) is 11.5 Å². The first kappa shape index (κ1) is 14.7. The summed E-state index contributed by atoms with van der Waals surface area (Å²) in [5.74, 6) is 0.863. The number of ether oxygens (including phenoxy) is 3. The molecule has 0 radical (unpaired) electrons. The average molecular weight is 287 g/mol. The number of rotatable bonds is 5. The van der Waals surface area contributed by atoms with Crippen LogP contribution in [0.1, 0.15) is 15.9 Å². The van der Waals surface area contributed by atoms with Gasteiger partial charge in [0.15, 0.2) is 0 Å². The van der Waals surface area contributed by atoms with Crippen LogP contribution in [0.4, 0.5) is 5.69 Å². The lowest BCUT2D eigenvalue weighted by Gasteiger charge is -2.09. The number of nitrogen functional groups attached to an aromatic ring is 1. The molecule has 0 saturated carbocycles. The molecule has 0 heterocycles. The highest BCUT2D eigenvalue weighted by Gasteiger charge is 2.11. The summed E-state index contributed by atoms with van der Waals surface area (Å²) in [6, 6.07) is 12.5. The van der Waals surface area contributed by atoms with Crippen LogP contribution in [-0.4, -0.2) is 20.2 Å². The molecule has 110 valence electrons. The molecule has 5 heteroatoms. The zero-order valence-corrected chi connectivity index (χ0v) is 12.0. The zero-order valence-electron chi connectivity index (χ0n) is 12.0. The van der Waals surface area contributed by atoms with Gasteiger partial charge in [-0.2, -0.15) is 0 Å². The first-order chi connectivity index (χ1) is 10.1. The van der Waals surface area contributed by atoms with E-state index in [-0.39, 0.29) is 0 Å². The van der Waals surface area contributed by atoms with Crippen LogP contribution >= 0.6 is 0 Å². The van der Waals surface area contributed by atoms with Gasteiger partial charge in [-0.15, -0.1) is 0 Å². The highest BCUT2D eigenvalue weighted by Crippen LogP contribution is 2.22. The second kappa shape index (κ2) is 6.65. The van der Waals surface area contributed by atoms with Gasteiger partial charge < -0.3 is 19.9 Å². The second-order valence-electron chi connectivity index (χ2n) is 4.38. The van der Waals surface area contributed by atoms with Crippen molar-refractivity contribution in [1.82, 2.24) is 0 Å².